The van der Waals surface area contributed by atoms with Crippen molar-refractivity contribution in [3.05, 3.63) is 74.6 Å². The van der Waals surface area contributed by atoms with E-state index in [2.05, 4.69) is 0 Å². The summed E-state index contributed by atoms with van der Waals surface area (Å²) in [5, 5.41) is 20.4. The summed E-state index contributed by atoms with van der Waals surface area (Å²) in [6, 6.07) is 8.91. The Balaban J connectivity index is 2.37. The van der Waals surface area contributed by atoms with E-state index in [0.717, 1.165) is 0 Å². The fourth-order valence-corrected chi connectivity index (χ4v) is 2.39. The third-order valence-corrected chi connectivity index (χ3v) is 3.81. The lowest BCUT2D eigenvalue weighted by molar-refractivity contribution is -0.385. The molecule has 0 aromatic heterocycles. The molecule has 0 heterocycles. The number of carboxylic acid groups (broad SMARTS) is 1. The van der Waals surface area contributed by atoms with Crippen LogP contribution in [-0.4, -0.2) is 16.0 Å². The summed E-state index contributed by atoms with van der Waals surface area (Å²) in [6.45, 7) is 3.21. The van der Waals surface area contributed by atoms with E-state index in [1.807, 2.05) is 0 Å². The van der Waals surface area contributed by atoms with Gasteiger partial charge in [-0.25, -0.2) is 4.39 Å². The SMILES string of the molecule is Cc1ccc(C(Cc2ccc(C)c([N+](=O)[O-])c2)C(=O)O)cc1F. The number of carboxylic acids is 1. The van der Waals surface area contributed by atoms with Crippen LogP contribution in [0, 0.1) is 29.8 Å². The number of rotatable bonds is 5. The van der Waals surface area contributed by atoms with E-state index >= 15 is 0 Å². The Morgan fingerprint density at radius 1 is 1.22 bits per heavy atom. The number of nitro benzene ring substituents is 1. The number of aliphatic carboxylic acids is 1. The molecule has 0 amide bonds. The molecule has 0 aliphatic rings. The van der Waals surface area contributed by atoms with Gasteiger partial charge in [-0.3, -0.25) is 14.9 Å². The van der Waals surface area contributed by atoms with Gasteiger partial charge in [0, 0.05) is 11.6 Å². The van der Waals surface area contributed by atoms with Gasteiger partial charge in [-0.1, -0.05) is 24.3 Å². The second kappa shape index (κ2) is 6.56. The van der Waals surface area contributed by atoms with Gasteiger partial charge < -0.3 is 5.11 Å². The van der Waals surface area contributed by atoms with Crippen molar-refractivity contribution >= 4 is 11.7 Å². The zero-order valence-electron chi connectivity index (χ0n) is 12.7. The van der Waals surface area contributed by atoms with Crippen molar-refractivity contribution in [1.29, 1.82) is 0 Å². The highest BCUT2D eigenvalue weighted by Crippen LogP contribution is 2.26. The van der Waals surface area contributed by atoms with Gasteiger partial charge in [0.2, 0.25) is 0 Å². The lowest BCUT2D eigenvalue weighted by Gasteiger charge is -2.14. The van der Waals surface area contributed by atoms with Crippen molar-refractivity contribution in [3.63, 3.8) is 0 Å². The molecule has 0 saturated heterocycles. The zero-order valence-corrected chi connectivity index (χ0v) is 12.7. The highest BCUT2D eigenvalue weighted by molar-refractivity contribution is 5.76. The third kappa shape index (κ3) is 3.71. The highest BCUT2D eigenvalue weighted by atomic mass is 19.1. The average Bonchev–Trinajstić information content (AvgIpc) is 2.48. The van der Waals surface area contributed by atoms with Crippen molar-refractivity contribution in [3.8, 4) is 0 Å². The van der Waals surface area contributed by atoms with E-state index in [4.69, 9.17) is 0 Å². The minimum Gasteiger partial charge on any atom is -0.481 e. The second-order valence-corrected chi connectivity index (χ2v) is 5.48. The van der Waals surface area contributed by atoms with Crippen LogP contribution in [0.4, 0.5) is 10.1 Å². The van der Waals surface area contributed by atoms with Crippen LogP contribution in [0.3, 0.4) is 0 Å². The maximum Gasteiger partial charge on any atom is 0.311 e. The van der Waals surface area contributed by atoms with Gasteiger partial charge in [-0.15, -0.1) is 0 Å². The summed E-state index contributed by atoms with van der Waals surface area (Å²) in [5.41, 5.74) is 1.75. The third-order valence-electron chi connectivity index (χ3n) is 3.81. The molecule has 6 heteroatoms. The Labute approximate surface area is 132 Å². The Hall–Kier alpha value is -2.76. The Morgan fingerprint density at radius 2 is 1.87 bits per heavy atom. The average molecular weight is 317 g/mol. The van der Waals surface area contributed by atoms with E-state index in [0.29, 0.717) is 22.3 Å². The second-order valence-electron chi connectivity index (χ2n) is 5.48. The Morgan fingerprint density at radius 3 is 2.43 bits per heavy atom. The Kier molecular flexibility index (Phi) is 4.74. The lowest BCUT2D eigenvalue weighted by Crippen LogP contribution is -2.15. The molecule has 2 aromatic rings. The van der Waals surface area contributed by atoms with Gasteiger partial charge in [0.05, 0.1) is 10.8 Å². The molecule has 0 saturated carbocycles. The smallest absolute Gasteiger partial charge is 0.311 e. The molecule has 2 aromatic carbocycles. The predicted molar refractivity (Wildman–Crippen MR) is 83.1 cm³/mol. The summed E-state index contributed by atoms with van der Waals surface area (Å²) >= 11 is 0. The minimum atomic E-state index is -1.10. The normalized spacial score (nSPS) is 12.0. The fraction of sp³-hybridized carbons (Fsp3) is 0.235. The molecule has 1 unspecified atom stereocenters. The number of carbonyl (C=O) groups is 1. The number of aryl methyl sites for hydroxylation is 2. The van der Waals surface area contributed by atoms with Crippen LogP contribution in [0.25, 0.3) is 0 Å². The topological polar surface area (TPSA) is 80.4 Å². The molecule has 23 heavy (non-hydrogen) atoms. The number of nitrogens with zero attached hydrogens (tertiary/aromatic N) is 1. The van der Waals surface area contributed by atoms with Gasteiger partial charge in [0.25, 0.3) is 5.69 Å². The largest absolute Gasteiger partial charge is 0.481 e. The van der Waals surface area contributed by atoms with Gasteiger partial charge >= 0.3 is 5.97 Å². The van der Waals surface area contributed by atoms with Crippen LogP contribution in [0.2, 0.25) is 0 Å². The Bertz CT molecular complexity index is 773. The number of hydrogen-bond acceptors (Lipinski definition) is 3. The molecule has 2 rings (SSSR count). The predicted octanol–water partition coefficient (Wildman–Crippen LogP) is 3.76. The lowest BCUT2D eigenvalue weighted by atomic mass is 9.91. The molecule has 0 aliphatic carbocycles. The van der Waals surface area contributed by atoms with Gasteiger partial charge in [-0.05, 0) is 43.0 Å². The first kappa shape index (κ1) is 16.6. The zero-order chi connectivity index (χ0) is 17.1. The summed E-state index contributed by atoms with van der Waals surface area (Å²) in [7, 11) is 0. The summed E-state index contributed by atoms with van der Waals surface area (Å²) in [6.07, 6.45) is 0.0545. The van der Waals surface area contributed by atoms with Gasteiger partial charge in [0.15, 0.2) is 0 Å². The van der Waals surface area contributed by atoms with E-state index in [1.54, 1.807) is 32.0 Å². The summed E-state index contributed by atoms with van der Waals surface area (Å²) < 4.78 is 13.7. The summed E-state index contributed by atoms with van der Waals surface area (Å²) in [5.74, 6) is -2.53. The van der Waals surface area contributed by atoms with Crippen molar-refractivity contribution in [2.75, 3.05) is 0 Å². The van der Waals surface area contributed by atoms with Crippen LogP contribution in [0.1, 0.15) is 28.2 Å². The molecule has 0 radical (unpaired) electrons. The quantitative estimate of drug-likeness (QED) is 0.672. The molecule has 1 atom stereocenters. The molecular weight excluding hydrogens is 301 g/mol. The number of hydrogen-bond donors (Lipinski definition) is 1. The van der Waals surface area contributed by atoms with E-state index in [9.17, 15) is 24.4 Å². The fourth-order valence-electron chi connectivity index (χ4n) is 2.39. The first-order valence-electron chi connectivity index (χ1n) is 7.02. The van der Waals surface area contributed by atoms with Gasteiger partial charge in [0.1, 0.15) is 5.82 Å². The molecule has 120 valence electrons. The summed E-state index contributed by atoms with van der Waals surface area (Å²) in [4.78, 5) is 22.0. The molecule has 0 bridgehead atoms. The molecule has 0 fully saturated rings. The van der Waals surface area contributed by atoms with Crippen molar-refractivity contribution in [1.82, 2.24) is 0 Å². The molecule has 0 spiro atoms. The van der Waals surface area contributed by atoms with Crippen LogP contribution in [-0.2, 0) is 11.2 Å². The first-order chi connectivity index (χ1) is 10.8. The molecule has 1 N–H and O–H groups in total. The van der Waals surface area contributed by atoms with Crippen LogP contribution < -0.4 is 0 Å². The van der Waals surface area contributed by atoms with Crippen molar-refractivity contribution in [2.24, 2.45) is 0 Å². The van der Waals surface area contributed by atoms with Crippen LogP contribution in [0.5, 0.6) is 0 Å². The number of halogens is 1. The molecular formula is C17H16FNO4. The standard InChI is InChI=1S/C17H16FNO4/c1-10-4-6-13(9-15(10)18)14(17(20)21)7-12-5-3-11(2)16(8-12)19(22)23/h3-6,8-9,14H,7H2,1-2H3,(H,20,21). The van der Waals surface area contributed by atoms with E-state index < -0.39 is 22.6 Å². The molecule has 0 aliphatic heterocycles. The number of benzene rings is 2. The van der Waals surface area contributed by atoms with Crippen LogP contribution in [0.15, 0.2) is 36.4 Å². The maximum atomic E-state index is 13.7. The van der Waals surface area contributed by atoms with E-state index in [-0.39, 0.29) is 12.1 Å². The minimum absolute atomic E-state index is 0.0540. The van der Waals surface area contributed by atoms with Crippen LogP contribution >= 0.6 is 0 Å². The van der Waals surface area contributed by atoms with Crippen molar-refractivity contribution in [2.45, 2.75) is 26.2 Å². The number of nitro groups is 1. The van der Waals surface area contributed by atoms with E-state index in [1.165, 1.54) is 18.2 Å². The monoisotopic (exact) mass is 317 g/mol. The maximum absolute atomic E-state index is 13.7. The first-order valence-corrected chi connectivity index (χ1v) is 7.02. The highest BCUT2D eigenvalue weighted by Gasteiger charge is 2.22. The van der Waals surface area contributed by atoms with Gasteiger partial charge in [-0.2, -0.15) is 0 Å². The van der Waals surface area contributed by atoms with Crippen molar-refractivity contribution < 1.29 is 19.2 Å². The molecule has 5 nitrogen and oxygen atoms in total.